The third-order valence-corrected chi connectivity index (χ3v) is 2.61. The molecule has 0 aliphatic carbocycles. The molecule has 3 N–H and O–H groups in total. The summed E-state index contributed by atoms with van der Waals surface area (Å²) in [6.07, 6.45) is 0.159. The fourth-order valence-electron chi connectivity index (χ4n) is 1.81. The van der Waals surface area contributed by atoms with Gasteiger partial charge in [0.05, 0.1) is 12.6 Å². The molecule has 0 aliphatic heterocycles. The SMILES string of the molecule is CCNC(=NCC(O)Cc1ccccc1)NC(C)(C)C.I. The van der Waals surface area contributed by atoms with Crippen molar-refractivity contribution in [2.24, 2.45) is 4.99 Å². The van der Waals surface area contributed by atoms with Crippen LogP contribution in [0.15, 0.2) is 35.3 Å². The van der Waals surface area contributed by atoms with E-state index in [4.69, 9.17) is 0 Å². The van der Waals surface area contributed by atoms with E-state index in [0.717, 1.165) is 18.1 Å². The van der Waals surface area contributed by atoms with Crippen LogP contribution in [-0.2, 0) is 6.42 Å². The molecule has 0 heterocycles. The lowest BCUT2D eigenvalue weighted by molar-refractivity contribution is 0.183. The summed E-state index contributed by atoms with van der Waals surface area (Å²) in [6, 6.07) is 9.98. The third-order valence-electron chi connectivity index (χ3n) is 2.61. The van der Waals surface area contributed by atoms with Gasteiger partial charge in [0.25, 0.3) is 0 Å². The summed E-state index contributed by atoms with van der Waals surface area (Å²) in [6.45, 7) is 9.47. The molecule has 1 aromatic carbocycles. The van der Waals surface area contributed by atoms with Crippen LogP contribution >= 0.6 is 24.0 Å². The van der Waals surface area contributed by atoms with Crippen molar-refractivity contribution in [2.75, 3.05) is 13.1 Å². The standard InChI is InChI=1S/C16H27N3O.HI/c1-5-17-15(19-16(2,3)4)18-12-14(20)11-13-9-7-6-8-10-13;/h6-10,14,20H,5,11-12H2,1-4H3,(H2,17,18,19);1H. The Bertz CT molecular complexity index is 415. The number of hydrogen-bond donors (Lipinski definition) is 3. The average Bonchev–Trinajstić information content (AvgIpc) is 2.36. The highest BCUT2D eigenvalue weighted by Crippen LogP contribution is 2.03. The fraction of sp³-hybridized carbons (Fsp3) is 0.562. The number of halogens is 1. The van der Waals surface area contributed by atoms with Crippen LogP contribution in [0.4, 0.5) is 0 Å². The van der Waals surface area contributed by atoms with Crippen LogP contribution in [0.25, 0.3) is 0 Å². The molecule has 0 amide bonds. The maximum atomic E-state index is 10.1. The van der Waals surface area contributed by atoms with Gasteiger partial charge in [-0.1, -0.05) is 30.3 Å². The highest BCUT2D eigenvalue weighted by molar-refractivity contribution is 14.0. The van der Waals surface area contributed by atoms with Crippen molar-refractivity contribution in [1.82, 2.24) is 10.6 Å². The minimum Gasteiger partial charge on any atom is -0.391 e. The summed E-state index contributed by atoms with van der Waals surface area (Å²) in [5.74, 6) is 0.743. The number of aliphatic hydroxyl groups excluding tert-OH is 1. The van der Waals surface area contributed by atoms with Crippen LogP contribution in [0.1, 0.15) is 33.3 Å². The summed E-state index contributed by atoms with van der Waals surface area (Å²) in [4.78, 5) is 4.44. The molecule has 0 bridgehead atoms. The molecule has 1 aromatic rings. The first-order valence-corrected chi connectivity index (χ1v) is 7.19. The molecule has 0 saturated carbocycles. The molecule has 0 saturated heterocycles. The maximum Gasteiger partial charge on any atom is 0.191 e. The average molecular weight is 405 g/mol. The van der Waals surface area contributed by atoms with Crippen molar-refractivity contribution in [1.29, 1.82) is 0 Å². The number of nitrogens with zero attached hydrogens (tertiary/aromatic N) is 1. The second-order valence-corrected chi connectivity index (χ2v) is 5.94. The Labute approximate surface area is 145 Å². The van der Waals surface area contributed by atoms with E-state index >= 15 is 0 Å². The van der Waals surface area contributed by atoms with E-state index in [1.165, 1.54) is 0 Å². The molecule has 4 nitrogen and oxygen atoms in total. The highest BCUT2D eigenvalue weighted by atomic mass is 127. The van der Waals surface area contributed by atoms with Gasteiger partial charge in [0.15, 0.2) is 5.96 Å². The van der Waals surface area contributed by atoms with Gasteiger partial charge in [-0.2, -0.15) is 0 Å². The molecule has 1 unspecified atom stereocenters. The highest BCUT2D eigenvalue weighted by Gasteiger charge is 2.12. The third kappa shape index (κ3) is 9.68. The second kappa shape index (κ2) is 10.00. The quantitative estimate of drug-likeness (QED) is 0.401. The number of nitrogens with one attached hydrogen (secondary N) is 2. The number of aliphatic imine (C=N–C) groups is 1. The fourth-order valence-corrected chi connectivity index (χ4v) is 1.81. The molecule has 0 aliphatic rings. The van der Waals surface area contributed by atoms with Crippen LogP contribution in [-0.4, -0.2) is 35.8 Å². The van der Waals surface area contributed by atoms with Gasteiger partial charge >= 0.3 is 0 Å². The Hall–Kier alpha value is -0.820. The number of guanidine groups is 1. The maximum absolute atomic E-state index is 10.1. The molecule has 0 aromatic heterocycles. The minimum atomic E-state index is -0.465. The molecular weight excluding hydrogens is 377 g/mol. The lowest BCUT2D eigenvalue weighted by Gasteiger charge is -2.24. The van der Waals surface area contributed by atoms with E-state index in [-0.39, 0.29) is 29.5 Å². The Kier molecular flexibility index (Phi) is 9.61. The van der Waals surface area contributed by atoms with Crippen LogP contribution < -0.4 is 10.6 Å². The van der Waals surface area contributed by atoms with Gasteiger partial charge < -0.3 is 15.7 Å². The van der Waals surface area contributed by atoms with E-state index in [1.807, 2.05) is 37.3 Å². The summed E-state index contributed by atoms with van der Waals surface area (Å²) >= 11 is 0. The normalized spacial score (nSPS) is 13.3. The molecule has 1 rings (SSSR count). The van der Waals surface area contributed by atoms with E-state index < -0.39 is 6.10 Å². The first-order valence-electron chi connectivity index (χ1n) is 7.19. The zero-order chi connectivity index (χ0) is 15.0. The summed E-state index contributed by atoms with van der Waals surface area (Å²) < 4.78 is 0. The second-order valence-electron chi connectivity index (χ2n) is 5.94. The molecular formula is C16H28IN3O. The Morgan fingerprint density at radius 1 is 1.24 bits per heavy atom. The van der Waals surface area contributed by atoms with Crippen molar-refractivity contribution in [2.45, 2.75) is 45.8 Å². The van der Waals surface area contributed by atoms with E-state index in [0.29, 0.717) is 13.0 Å². The van der Waals surface area contributed by atoms with Gasteiger partial charge in [0, 0.05) is 18.5 Å². The van der Waals surface area contributed by atoms with Crippen molar-refractivity contribution >= 4 is 29.9 Å². The number of aliphatic hydroxyl groups is 1. The van der Waals surface area contributed by atoms with E-state index in [9.17, 15) is 5.11 Å². The van der Waals surface area contributed by atoms with E-state index in [1.54, 1.807) is 0 Å². The predicted octanol–water partition coefficient (Wildman–Crippen LogP) is 2.56. The van der Waals surface area contributed by atoms with Crippen molar-refractivity contribution in [3.05, 3.63) is 35.9 Å². The monoisotopic (exact) mass is 405 g/mol. The molecule has 0 spiro atoms. The van der Waals surface area contributed by atoms with Crippen LogP contribution in [0.2, 0.25) is 0 Å². The molecule has 5 heteroatoms. The van der Waals surface area contributed by atoms with Crippen molar-refractivity contribution < 1.29 is 5.11 Å². The summed E-state index contributed by atoms with van der Waals surface area (Å²) in [5.41, 5.74) is 1.08. The van der Waals surface area contributed by atoms with Gasteiger partial charge in [-0.25, -0.2) is 0 Å². The molecule has 0 radical (unpaired) electrons. The van der Waals surface area contributed by atoms with Crippen LogP contribution in [0.5, 0.6) is 0 Å². The number of hydrogen-bond acceptors (Lipinski definition) is 2. The zero-order valence-electron chi connectivity index (χ0n) is 13.4. The van der Waals surface area contributed by atoms with Gasteiger partial charge in [0.1, 0.15) is 0 Å². The topological polar surface area (TPSA) is 56.7 Å². The van der Waals surface area contributed by atoms with E-state index in [2.05, 4.69) is 36.4 Å². The smallest absolute Gasteiger partial charge is 0.191 e. The lowest BCUT2D eigenvalue weighted by Crippen LogP contribution is -2.47. The first-order chi connectivity index (χ1) is 9.40. The van der Waals surface area contributed by atoms with Crippen molar-refractivity contribution in [3.63, 3.8) is 0 Å². The Morgan fingerprint density at radius 2 is 1.86 bits per heavy atom. The van der Waals surface area contributed by atoms with Gasteiger partial charge in [-0.05, 0) is 33.3 Å². The first kappa shape index (κ1) is 20.2. The van der Waals surface area contributed by atoms with Gasteiger partial charge in [-0.15, -0.1) is 24.0 Å². The van der Waals surface area contributed by atoms with Crippen molar-refractivity contribution in [3.8, 4) is 0 Å². The minimum absolute atomic E-state index is 0. The van der Waals surface area contributed by atoms with Gasteiger partial charge in [-0.3, -0.25) is 4.99 Å². The lowest BCUT2D eigenvalue weighted by atomic mass is 10.1. The Balaban J connectivity index is 0.00000400. The van der Waals surface area contributed by atoms with Gasteiger partial charge in [0.2, 0.25) is 0 Å². The molecule has 1 atom stereocenters. The number of benzene rings is 1. The molecule has 0 fully saturated rings. The van der Waals surface area contributed by atoms with Crippen LogP contribution in [0.3, 0.4) is 0 Å². The summed E-state index contributed by atoms with van der Waals surface area (Å²) in [5, 5.41) is 16.5. The van der Waals surface area contributed by atoms with Crippen LogP contribution in [0, 0.1) is 0 Å². The number of rotatable bonds is 5. The summed E-state index contributed by atoms with van der Waals surface area (Å²) in [7, 11) is 0. The Morgan fingerprint density at radius 3 is 2.38 bits per heavy atom. The predicted molar refractivity (Wildman–Crippen MR) is 100 cm³/mol. The largest absolute Gasteiger partial charge is 0.391 e. The molecule has 21 heavy (non-hydrogen) atoms. The molecule has 120 valence electrons. The zero-order valence-corrected chi connectivity index (χ0v) is 15.7.